The summed E-state index contributed by atoms with van der Waals surface area (Å²) in [4.78, 5) is 2.39. The number of anilines is 2. The molecule has 3 rings (SSSR count). The number of para-hydroxylation sites is 2. The van der Waals surface area contributed by atoms with Gasteiger partial charge in [-0.3, -0.25) is 0 Å². The minimum atomic E-state index is -0.324. The van der Waals surface area contributed by atoms with Crippen LogP contribution in [-0.4, -0.2) is 30.3 Å². The van der Waals surface area contributed by atoms with Crippen molar-refractivity contribution >= 4 is 11.4 Å². The lowest BCUT2D eigenvalue weighted by Crippen LogP contribution is -2.34. The lowest BCUT2D eigenvalue weighted by Gasteiger charge is -2.28. The predicted octanol–water partition coefficient (Wildman–Crippen LogP) is 4.70. The van der Waals surface area contributed by atoms with Gasteiger partial charge in [0.05, 0.1) is 6.10 Å². The van der Waals surface area contributed by atoms with Crippen molar-refractivity contribution in [3.8, 4) is 0 Å². The highest BCUT2D eigenvalue weighted by atomic mass is 16.3. The van der Waals surface area contributed by atoms with Crippen molar-refractivity contribution < 1.29 is 5.11 Å². The van der Waals surface area contributed by atoms with Crippen molar-refractivity contribution in [2.75, 3.05) is 18.0 Å². The average molecular weight is 355 g/mol. The lowest BCUT2D eigenvalue weighted by molar-refractivity contribution is 0.161. The normalized spacial score (nSPS) is 14.0. The molecule has 0 saturated heterocycles. The van der Waals surface area contributed by atoms with E-state index in [0.717, 1.165) is 25.8 Å². The first-order valence-electron chi connectivity index (χ1n) is 10.00. The van der Waals surface area contributed by atoms with E-state index < -0.39 is 0 Å². The zero-order valence-corrected chi connectivity index (χ0v) is 16.7. The molecule has 0 fully saturated rings. The van der Waals surface area contributed by atoms with Crippen LogP contribution >= 0.6 is 0 Å². The average Bonchev–Trinajstić information content (AvgIpc) is 2.83. The Bertz CT molecular complexity index is 621. The Balaban J connectivity index is 0.00000117. The number of hydrogen-bond donors (Lipinski definition) is 2. The maximum atomic E-state index is 10.3. The second kappa shape index (κ2) is 10.3. The Morgan fingerprint density at radius 2 is 1.42 bits per heavy atom. The molecule has 0 bridgehead atoms. The van der Waals surface area contributed by atoms with Crippen LogP contribution in [0.4, 0.5) is 11.4 Å². The molecule has 142 valence electrons. The summed E-state index contributed by atoms with van der Waals surface area (Å²) >= 11 is 0. The molecule has 2 N–H and O–H groups in total. The molecule has 1 aliphatic rings. The van der Waals surface area contributed by atoms with Gasteiger partial charge in [0.2, 0.25) is 0 Å². The molecule has 0 spiro atoms. The smallest absolute Gasteiger partial charge is 0.0681 e. The van der Waals surface area contributed by atoms with Gasteiger partial charge in [-0.2, -0.15) is 0 Å². The Labute approximate surface area is 159 Å². The highest BCUT2D eigenvalue weighted by Crippen LogP contribution is 2.35. The second-order valence-electron chi connectivity index (χ2n) is 6.91. The molecule has 0 amide bonds. The van der Waals surface area contributed by atoms with E-state index >= 15 is 0 Å². The summed E-state index contributed by atoms with van der Waals surface area (Å²) in [6.45, 7) is 9.69. The van der Waals surface area contributed by atoms with Crippen molar-refractivity contribution in [2.24, 2.45) is 0 Å². The van der Waals surface area contributed by atoms with E-state index in [1.165, 1.54) is 22.5 Å². The monoisotopic (exact) mass is 354 g/mol. The number of aliphatic hydroxyl groups is 1. The molecule has 0 radical (unpaired) electrons. The predicted molar refractivity (Wildman–Crippen MR) is 112 cm³/mol. The Morgan fingerprint density at radius 1 is 0.923 bits per heavy atom. The van der Waals surface area contributed by atoms with Crippen LogP contribution in [0.5, 0.6) is 0 Å². The summed E-state index contributed by atoms with van der Waals surface area (Å²) in [7, 11) is 0. The van der Waals surface area contributed by atoms with Crippen LogP contribution in [0.15, 0.2) is 48.5 Å². The minimum Gasteiger partial charge on any atom is -0.392 e. The summed E-state index contributed by atoms with van der Waals surface area (Å²) in [5, 5.41) is 13.6. The zero-order valence-electron chi connectivity index (χ0n) is 16.7. The lowest BCUT2D eigenvalue weighted by atomic mass is 10.0. The molecule has 3 heteroatoms. The summed E-state index contributed by atoms with van der Waals surface area (Å²) in [6, 6.07) is 17.7. The fraction of sp³-hybridized carbons (Fsp3) is 0.478. The molecule has 3 nitrogen and oxygen atoms in total. The van der Waals surface area contributed by atoms with E-state index in [4.69, 9.17) is 0 Å². The fourth-order valence-electron chi connectivity index (χ4n) is 3.36. The van der Waals surface area contributed by atoms with Gasteiger partial charge in [0.25, 0.3) is 0 Å². The third-order valence-corrected chi connectivity index (χ3v) is 4.68. The Hall–Kier alpha value is -1.84. The number of aryl methyl sites for hydroxylation is 2. The first kappa shape index (κ1) is 20.5. The first-order valence-corrected chi connectivity index (χ1v) is 10.00. The van der Waals surface area contributed by atoms with Crippen molar-refractivity contribution in [2.45, 2.75) is 59.1 Å². The maximum Gasteiger partial charge on any atom is 0.0681 e. The number of aliphatic hydroxyl groups excluding tert-OH is 1. The zero-order chi connectivity index (χ0) is 18.9. The number of rotatable bonds is 6. The topological polar surface area (TPSA) is 35.5 Å². The van der Waals surface area contributed by atoms with E-state index in [9.17, 15) is 5.11 Å². The molecule has 2 aromatic rings. The number of nitrogens with one attached hydrogen (secondary N) is 1. The van der Waals surface area contributed by atoms with Gasteiger partial charge >= 0.3 is 0 Å². The molecule has 1 atom stereocenters. The molecule has 1 aliphatic heterocycles. The van der Waals surface area contributed by atoms with Crippen molar-refractivity contribution in [3.05, 3.63) is 59.7 Å². The summed E-state index contributed by atoms with van der Waals surface area (Å²) in [6.07, 6.45) is 2.57. The summed E-state index contributed by atoms with van der Waals surface area (Å²) in [5.74, 6) is 0. The molecular formula is C23H34N2O. The molecule has 26 heavy (non-hydrogen) atoms. The molecule has 0 aromatic heterocycles. The van der Waals surface area contributed by atoms with Gasteiger partial charge in [0.15, 0.2) is 0 Å². The summed E-state index contributed by atoms with van der Waals surface area (Å²) in [5.41, 5.74) is 5.35. The highest BCUT2D eigenvalue weighted by Gasteiger charge is 2.20. The molecule has 0 aliphatic carbocycles. The van der Waals surface area contributed by atoms with Crippen LogP contribution in [0, 0.1) is 0 Å². The van der Waals surface area contributed by atoms with Gasteiger partial charge in [0, 0.05) is 30.5 Å². The van der Waals surface area contributed by atoms with Crippen molar-refractivity contribution in [1.82, 2.24) is 5.32 Å². The van der Waals surface area contributed by atoms with Gasteiger partial charge < -0.3 is 15.3 Å². The number of fused-ring (bicyclic) bond motifs is 2. The van der Waals surface area contributed by atoms with Crippen LogP contribution < -0.4 is 10.2 Å². The standard InChI is InChI=1S/C21H28N2O.C2H6/c1-16(2)22-15-19(24)13-14-23-20-9-5-3-7-17(20)11-12-18-8-4-6-10-21(18)23;1-2/h3-10,16,19,22,24H,11-15H2,1-2H3;1-2H3. The van der Waals surface area contributed by atoms with E-state index in [1.807, 2.05) is 13.8 Å². The quantitative estimate of drug-likeness (QED) is 0.789. The Kier molecular flexibility index (Phi) is 8.14. The molecule has 1 unspecified atom stereocenters. The molecule has 1 heterocycles. The van der Waals surface area contributed by atoms with Crippen LogP contribution in [-0.2, 0) is 12.8 Å². The second-order valence-corrected chi connectivity index (χ2v) is 6.91. The van der Waals surface area contributed by atoms with E-state index in [-0.39, 0.29) is 6.10 Å². The first-order chi connectivity index (χ1) is 12.6. The van der Waals surface area contributed by atoms with Gasteiger partial charge in [-0.15, -0.1) is 0 Å². The van der Waals surface area contributed by atoms with Gasteiger partial charge in [-0.05, 0) is 42.5 Å². The maximum absolute atomic E-state index is 10.3. The molecule has 2 aromatic carbocycles. The fourth-order valence-corrected chi connectivity index (χ4v) is 3.36. The largest absolute Gasteiger partial charge is 0.392 e. The van der Waals surface area contributed by atoms with E-state index in [0.29, 0.717) is 12.6 Å². The third kappa shape index (κ3) is 5.33. The van der Waals surface area contributed by atoms with E-state index in [2.05, 4.69) is 72.6 Å². The van der Waals surface area contributed by atoms with Crippen LogP contribution in [0.1, 0.15) is 45.2 Å². The minimum absolute atomic E-state index is 0.324. The van der Waals surface area contributed by atoms with Crippen LogP contribution in [0.25, 0.3) is 0 Å². The van der Waals surface area contributed by atoms with Gasteiger partial charge in [-0.1, -0.05) is 64.1 Å². The highest BCUT2D eigenvalue weighted by molar-refractivity contribution is 5.71. The summed E-state index contributed by atoms with van der Waals surface area (Å²) < 4.78 is 0. The van der Waals surface area contributed by atoms with Gasteiger partial charge in [-0.25, -0.2) is 0 Å². The van der Waals surface area contributed by atoms with Crippen LogP contribution in [0.3, 0.4) is 0 Å². The molecule has 0 saturated carbocycles. The number of benzene rings is 2. The SMILES string of the molecule is CC.CC(C)NCC(O)CCN1c2ccccc2CCc2ccccc21. The Morgan fingerprint density at radius 3 is 1.92 bits per heavy atom. The molecular weight excluding hydrogens is 320 g/mol. The van der Waals surface area contributed by atoms with Gasteiger partial charge in [0.1, 0.15) is 0 Å². The van der Waals surface area contributed by atoms with Crippen molar-refractivity contribution in [3.63, 3.8) is 0 Å². The number of hydrogen-bond acceptors (Lipinski definition) is 3. The van der Waals surface area contributed by atoms with Crippen LogP contribution in [0.2, 0.25) is 0 Å². The van der Waals surface area contributed by atoms with E-state index in [1.54, 1.807) is 0 Å². The third-order valence-electron chi connectivity index (χ3n) is 4.68. The number of nitrogens with zero attached hydrogens (tertiary/aromatic N) is 1. The van der Waals surface area contributed by atoms with Crippen molar-refractivity contribution in [1.29, 1.82) is 0 Å².